The summed E-state index contributed by atoms with van der Waals surface area (Å²) in [7, 11) is 0. The van der Waals surface area contributed by atoms with Gasteiger partial charge >= 0.3 is 5.97 Å². The second-order valence-electron chi connectivity index (χ2n) is 12.1. The van der Waals surface area contributed by atoms with E-state index >= 15 is 0 Å². The molecule has 0 fully saturated rings. The predicted molar refractivity (Wildman–Crippen MR) is 172 cm³/mol. The molecule has 0 aliphatic carbocycles. The first-order valence-electron chi connectivity index (χ1n) is 18.0. The van der Waals surface area contributed by atoms with Gasteiger partial charge in [0.05, 0.1) is 12.7 Å². The van der Waals surface area contributed by atoms with E-state index in [4.69, 9.17) is 9.47 Å². The number of hydrogen-bond acceptors (Lipinski definition) is 3. The fourth-order valence-electron chi connectivity index (χ4n) is 5.59. The topological polar surface area (TPSA) is 35.5 Å². The molecule has 0 heterocycles. The molecule has 0 bridgehead atoms. The second-order valence-corrected chi connectivity index (χ2v) is 12.1. The number of ether oxygens (including phenoxy) is 2. The molecular weight excluding hydrogens is 480 g/mol. The lowest BCUT2D eigenvalue weighted by Crippen LogP contribution is -2.14. The fraction of sp³-hybridized carbons (Fsp3) is 0.972. The molecule has 39 heavy (non-hydrogen) atoms. The molecule has 0 spiro atoms. The minimum absolute atomic E-state index is 0.0340. The van der Waals surface area contributed by atoms with Crippen LogP contribution in [-0.4, -0.2) is 25.3 Å². The highest BCUT2D eigenvalue weighted by Crippen LogP contribution is 2.18. The highest BCUT2D eigenvalue weighted by Gasteiger charge is 2.09. The van der Waals surface area contributed by atoms with Gasteiger partial charge in [-0.25, -0.2) is 0 Å². The Balaban J connectivity index is 3.67. The van der Waals surface area contributed by atoms with Gasteiger partial charge in [0, 0.05) is 13.0 Å². The number of esters is 1. The van der Waals surface area contributed by atoms with Gasteiger partial charge in [-0.2, -0.15) is 0 Å². The van der Waals surface area contributed by atoms with Crippen LogP contribution in [0.4, 0.5) is 0 Å². The lowest BCUT2D eigenvalue weighted by atomic mass is 10.0. The molecule has 1 unspecified atom stereocenters. The highest BCUT2D eigenvalue weighted by atomic mass is 16.5. The van der Waals surface area contributed by atoms with E-state index < -0.39 is 0 Å². The number of unbranched alkanes of at least 4 members (excludes halogenated alkanes) is 23. The van der Waals surface area contributed by atoms with Crippen LogP contribution in [0.1, 0.15) is 207 Å². The molecule has 0 aliphatic rings. The third-order valence-corrected chi connectivity index (χ3v) is 8.19. The summed E-state index contributed by atoms with van der Waals surface area (Å²) in [5.41, 5.74) is 0. The summed E-state index contributed by atoms with van der Waals surface area (Å²) in [5, 5.41) is 0. The molecule has 1 atom stereocenters. The van der Waals surface area contributed by atoms with Crippen molar-refractivity contribution in [2.75, 3.05) is 13.2 Å². The summed E-state index contributed by atoms with van der Waals surface area (Å²) in [6.45, 7) is 7.95. The molecule has 0 rings (SSSR count). The Kier molecular flexibility index (Phi) is 33.1. The van der Waals surface area contributed by atoms with Crippen molar-refractivity contribution in [2.24, 2.45) is 0 Å². The van der Waals surface area contributed by atoms with Crippen molar-refractivity contribution in [2.45, 2.75) is 213 Å². The van der Waals surface area contributed by atoms with Gasteiger partial charge in [0.1, 0.15) is 0 Å². The smallest absolute Gasteiger partial charge is 0.305 e. The maximum Gasteiger partial charge on any atom is 0.305 e. The Bertz CT molecular complexity index is 464. The quantitative estimate of drug-likeness (QED) is 0.0600. The van der Waals surface area contributed by atoms with Gasteiger partial charge in [-0.1, -0.05) is 168 Å². The van der Waals surface area contributed by atoms with E-state index in [0.29, 0.717) is 19.1 Å². The molecule has 0 radical (unpaired) electrons. The summed E-state index contributed by atoms with van der Waals surface area (Å²) in [6, 6.07) is 0. The molecule has 0 aliphatic heterocycles. The average molecular weight is 553 g/mol. The lowest BCUT2D eigenvalue weighted by Gasteiger charge is -2.18. The standard InChI is InChI=1S/C36H72O3/c1-4-7-9-11-12-13-14-15-16-17-20-23-26-30-34-39-35(31-27-10-8-5-2)32-28-24-21-18-19-22-25-29-33-36(37)38-6-3/h35H,4-34H2,1-3H3. The van der Waals surface area contributed by atoms with Gasteiger partial charge in [-0.15, -0.1) is 0 Å². The van der Waals surface area contributed by atoms with Crippen molar-refractivity contribution in [1.82, 2.24) is 0 Å². The summed E-state index contributed by atoms with van der Waals surface area (Å²) in [6.07, 6.45) is 38.8. The van der Waals surface area contributed by atoms with E-state index in [9.17, 15) is 4.79 Å². The van der Waals surface area contributed by atoms with Gasteiger partial charge in [0.2, 0.25) is 0 Å². The lowest BCUT2D eigenvalue weighted by molar-refractivity contribution is -0.143. The number of hydrogen-bond donors (Lipinski definition) is 0. The predicted octanol–water partition coefficient (Wildman–Crippen LogP) is 12.3. The van der Waals surface area contributed by atoms with Crippen LogP contribution < -0.4 is 0 Å². The van der Waals surface area contributed by atoms with E-state index in [2.05, 4.69) is 13.8 Å². The fourth-order valence-corrected chi connectivity index (χ4v) is 5.59. The summed E-state index contributed by atoms with van der Waals surface area (Å²) < 4.78 is 11.4. The number of rotatable bonds is 33. The van der Waals surface area contributed by atoms with Gasteiger partial charge < -0.3 is 9.47 Å². The first-order valence-corrected chi connectivity index (χ1v) is 18.0. The zero-order chi connectivity index (χ0) is 28.5. The first-order chi connectivity index (χ1) is 19.2. The third kappa shape index (κ3) is 31.8. The van der Waals surface area contributed by atoms with Gasteiger partial charge in [-0.05, 0) is 32.6 Å². The SMILES string of the molecule is CCCCCCCCCCCCCCCCOC(CCCCCC)CCCCCCCCCCC(=O)OCC. The van der Waals surface area contributed by atoms with Gasteiger partial charge in [0.25, 0.3) is 0 Å². The van der Waals surface area contributed by atoms with E-state index in [1.165, 1.54) is 167 Å². The van der Waals surface area contributed by atoms with Crippen molar-refractivity contribution < 1.29 is 14.3 Å². The summed E-state index contributed by atoms with van der Waals surface area (Å²) >= 11 is 0. The van der Waals surface area contributed by atoms with Crippen LogP contribution in [0.3, 0.4) is 0 Å². The van der Waals surface area contributed by atoms with Crippen LogP contribution in [0.25, 0.3) is 0 Å². The summed E-state index contributed by atoms with van der Waals surface area (Å²) in [4.78, 5) is 11.4. The zero-order valence-corrected chi connectivity index (χ0v) is 27.2. The molecule has 0 saturated carbocycles. The Hall–Kier alpha value is -0.570. The third-order valence-electron chi connectivity index (χ3n) is 8.19. The van der Waals surface area contributed by atoms with Crippen LogP contribution in [0.5, 0.6) is 0 Å². The van der Waals surface area contributed by atoms with Crippen molar-refractivity contribution >= 4 is 5.97 Å². The van der Waals surface area contributed by atoms with Crippen molar-refractivity contribution in [3.63, 3.8) is 0 Å². The van der Waals surface area contributed by atoms with Crippen molar-refractivity contribution in [1.29, 1.82) is 0 Å². The van der Waals surface area contributed by atoms with Gasteiger partial charge in [-0.3, -0.25) is 4.79 Å². The van der Waals surface area contributed by atoms with E-state index in [1.54, 1.807) is 0 Å². The van der Waals surface area contributed by atoms with Crippen molar-refractivity contribution in [3.05, 3.63) is 0 Å². The van der Waals surface area contributed by atoms with Gasteiger partial charge in [0.15, 0.2) is 0 Å². The molecule has 0 N–H and O–H groups in total. The minimum Gasteiger partial charge on any atom is -0.466 e. The average Bonchev–Trinajstić information content (AvgIpc) is 2.93. The summed E-state index contributed by atoms with van der Waals surface area (Å²) in [5.74, 6) is -0.0340. The Labute approximate surface area is 246 Å². The van der Waals surface area contributed by atoms with E-state index in [0.717, 1.165) is 19.4 Å². The molecule has 234 valence electrons. The monoisotopic (exact) mass is 553 g/mol. The molecule has 0 aromatic heterocycles. The Morgan fingerprint density at radius 3 is 1.26 bits per heavy atom. The second kappa shape index (κ2) is 33.6. The molecule has 3 nitrogen and oxygen atoms in total. The number of carbonyl (C=O) groups excluding carboxylic acids is 1. The van der Waals surface area contributed by atoms with E-state index in [-0.39, 0.29) is 5.97 Å². The van der Waals surface area contributed by atoms with Crippen molar-refractivity contribution in [3.8, 4) is 0 Å². The Morgan fingerprint density at radius 1 is 0.462 bits per heavy atom. The minimum atomic E-state index is -0.0340. The molecule has 3 heteroatoms. The molecular formula is C36H72O3. The van der Waals surface area contributed by atoms with Crippen LogP contribution in [0.15, 0.2) is 0 Å². The normalized spacial score (nSPS) is 12.2. The van der Waals surface area contributed by atoms with E-state index in [1.807, 2.05) is 6.92 Å². The molecule has 0 aromatic carbocycles. The maximum absolute atomic E-state index is 11.4. The Morgan fingerprint density at radius 2 is 0.821 bits per heavy atom. The number of carbonyl (C=O) groups is 1. The molecule has 0 saturated heterocycles. The highest BCUT2D eigenvalue weighted by molar-refractivity contribution is 5.69. The van der Waals surface area contributed by atoms with Crippen LogP contribution in [0, 0.1) is 0 Å². The van der Waals surface area contributed by atoms with Crippen LogP contribution in [0.2, 0.25) is 0 Å². The zero-order valence-electron chi connectivity index (χ0n) is 27.2. The first kappa shape index (κ1) is 38.4. The molecule has 0 amide bonds. The van der Waals surface area contributed by atoms with Crippen LogP contribution in [-0.2, 0) is 14.3 Å². The maximum atomic E-state index is 11.4. The molecule has 0 aromatic rings. The van der Waals surface area contributed by atoms with Crippen LogP contribution >= 0.6 is 0 Å². The largest absolute Gasteiger partial charge is 0.466 e.